The SMILES string of the molecule is CC(N)Cc1ccccc1Sc1nccs1. The van der Waals surface area contributed by atoms with Crippen molar-refractivity contribution in [2.45, 2.75) is 28.6 Å². The van der Waals surface area contributed by atoms with Crippen LogP contribution in [0.15, 0.2) is 45.1 Å². The van der Waals surface area contributed by atoms with Crippen LogP contribution >= 0.6 is 23.1 Å². The van der Waals surface area contributed by atoms with Crippen molar-refractivity contribution in [3.8, 4) is 0 Å². The summed E-state index contributed by atoms with van der Waals surface area (Å²) >= 11 is 3.38. The van der Waals surface area contributed by atoms with Gasteiger partial charge >= 0.3 is 0 Å². The average Bonchev–Trinajstić information content (AvgIpc) is 2.73. The Bertz CT molecular complexity index is 438. The molecule has 0 amide bonds. The molecule has 0 bridgehead atoms. The van der Waals surface area contributed by atoms with Crippen molar-refractivity contribution in [2.24, 2.45) is 5.73 Å². The Kier molecular flexibility index (Phi) is 3.98. The fourth-order valence-corrected chi connectivity index (χ4v) is 3.19. The molecule has 84 valence electrons. The molecule has 0 fully saturated rings. The molecule has 1 aromatic carbocycles. The molecule has 1 atom stereocenters. The van der Waals surface area contributed by atoms with Crippen LogP contribution in [0.1, 0.15) is 12.5 Å². The fourth-order valence-electron chi connectivity index (χ4n) is 1.47. The average molecular weight is 250 g/mol. The maximum absolute atomic E-state index is 5.84. The quantitative estimate of drug-likeness (QED) is 0.905. The Morgan fingerprint density at radius 2 is 2.25 bits per heavy atom. The standard InChI is InChI=1S/C12H14N2S2/c1-9(13)8-10-4-2-3-5-11(10)16-12-14-6-7-15-12/h2-7,9H,8,13H2,1H3. The van der Waals surface area contributed by atoms with Gasteiger partial charge in [-0.1, -0.05) is 30.0 Å². The van der Waals surface area contributed by atoms with E-state index in [0.717, 1.165) is 10.8 Å². The number of nitrogens with two attached hydrogens (primary N) is 1. The van der Waals surface area contributed by atoms with E-state index in [-0.39, 0.29) is 6.04 Å². The zero-order chi connectivity index (χ0) is 11.4. The summed E-state index contributed by atoms with van der Waals surface area (Å²) in [5, 5.41) is 2.00. The minimum absolute atomic E-state index is 0.193. The molecule has 0 aliphatic heterocycles. The van der Waals surface area contributed by atoms with E-state index in [1.165, 1.54) is 10.5 Å². The third-order valence-corrected chi connectivity index (χ3v) is 4.12. The van der Waals surface area contributed by atoms with Gasteiger partial charge in [0.05, 0.1) is 0 Å². The van der Waals surface area contributed by atoms with Crippen LogP contribution in [0, 0.1) is 0 Å². The van der Waals surface area contributed by atoms with Gasteiger partial charge in [-0.2, -0.15) is 0 Å². The zero-order valence-electron chi connectivity index (χ0n) is 9.09. The van der Waals surface area contributed by atoms with Gasteiger partial charge in [-0.25, -0.2) is 4.98 Å². The lowest BCUT2D eigenvalue weighted by Gasteiger charge is -2.09. The van der Waals surface area contributed by atoms with Crippen LogP contribution in [-0.4, -0.2) is 11.0 Å². The fraction of sp³-hybridized carbons (Fsp3) is 0.250. The van der Waals surface area contributed by atoms with E-state index < -0.39 is 0 Å². The van der Waals surface area contributed by atoms with Gasteiger partial charge < -0.3 is 5.73 Å². The molecule has 4 heteroatoms. The first-order valence-electron chi connectivity index (χ1n) is 5.16. The highest BCUT2D eigenvalue weighted by atomic mass is 32.2. The molecule has 1 unspecified atom stereocenters. The van der Waals surface area contributed by atoms with E-state index in [9.17, 15) is 0 Å². The largest absolute Gasteiger partial charge is 0.328 e. The lowest BCUT2D eigenvalue weighted by Crippen LogP contribution is -2.18. The van der Waals surface area contributed by atoms with Crippen LogP contribution in [0.2, 0.25) is 0 Å². The molecule has 1 aromatic heterocycles. The molecule has 0 saturated heterocycles. The number of nitrogens with zero attached hydrogens (tertiary/aromatic N) is 1. The van der Waals surface area contributed by atoms with Crippen LogP contribution in [0.5, 0.6) is 0 Å². The van der Waals surface area contributed by atoms with E-state index in [1.807, 2.05) is 18.5 Å². The number of thiazole rings is 1. The lowest BCUT2D eigenvalue weighted by molar-refractivity contribution is 0.729. The molecular weight excluding hydrogens is 236 g/mol. The van der Waals surface area contributed by atoms with Crippen molar-refractivity contribution in [2.75, 3.05) is 0 Å². The molecule has 2 rings (SSSR count). The van der Waals surface area contributed by atoms with Crippen molar-refractivity contribution in [1.82, 2.24) is 4.98 Å². The van der Waals surface area contributed by atoms with Gasteiger partial charge in [-0.3, -0.25) is 0 Å². The second kappa shape index (κ2) is 5.48. The van der Waals surface area contributed by atoms with Crippen molar-refractivity contribution in [3.05, 3.63) is 41.4 Å². The van der Waals surface area contributed by atoms with E-state index in [0.29, 0.717) is 0 Å². The maximum atomic E-state index is 5.84. The molecule has 2 aromatic rings. The first-order valence-corrected chi connectivity index (χ1v) is 6.86. The second-order valence-corrected chi connectivity index (χ2v) is 5.87. The van der Waals surface area contributed by atoms with E-state index in [4.69, 9.17) is 5.73 Å². The van der Waals surface area contributed by atoms with Crippen molar-refractivity contribution >= 4 is 23.1 Å². The summed E-state index contributed by atoms with van der Waals surface area (Å²) in [6, 6.07) is 8.57. The number of rotatable bonds is 4. The Morgan fingerprint density at radius 3 is 2.94 bits per heavy atom. The molecule has 0 aliphatic rings. The van der Waals surface area contributed by atoms with E-state index in [2.05, 4.69) is 29.2 Å². The Labute approximate surface area is 104 Å². The van der Waals surface area contributed by atoms with Gasteiger partial charge in [-0.05, 0) is 25.0 Å². The van der Waals surface area contributed by atoms with Gasteiger partial charge in [0.1, 0.15) is 0 Å². The van der Waals surface area contributed by atoms with Gasteiger partial charge in [0.15, 0.2) is 4.34 Å². The van der Waals surface area contributed by atoms with Gasteiger partial charge in [0.2, 0.25) is 0 Å². The molecule has 0 aliphatic carbocycles. The molecule has 0 radical (unpaired) electrons. The van der Waals surface area contributed by atoms with Crippen LogP contribution in [-0.2, 0) is 6.42 Å². The van der Waals surface area contributed by atoms with E-state index in [1.54, 1.807) is 23.1 Å². The van der Waals surface area contributed by atoms with Crippen LogP contribution in [0.4, 0.5) is 0 Å². The number of hydrogen-bond donors (Lipinski definition) is 1. The molecule has 0 spiro atoms. The predicted molar refractivity (Wildman–Crippen MR) is 70.0 cm³/mol. The van der Waals surface area contributed by atoms with E-state index >= 15 is 0 Å². The second-order valence-electron chi connectivity index (χ2n) is 3.69. The third-order valence-electron chi connectivity index (χ3n) is 2.12. The zero-order valence-corrected chi connectivity index (χ0v) is 10.7. The molecular formula is C12H14N2S2. The lowest BCUT2D eigenvalue weighted by atomic mass is 10.1. The number of aromatic nitrogens is 1. The topological polar surface area (TPSA) is 38.9 Å². The van der Waals surface area contributed by atoms with Gasteiger partial charge in [-0.15, -0.1) is 11.3 Å². The summed E-state index contributed by atoms with van der Waals surface area (Å²) in [4.78, 5) is 5.54. The van der Waals surface area contributed by atoms with Crippen molar-refractivity contribution < 1.29 is 0 Å². The van der Waals surface area contributed by atoms with Crippen molar-refractivity contribution in [1.29, 1.82) is 0 Å². The summed E-state index contributed by atoms with van der Waals surface area (Å²) in [5.41, 5.74) is 7.15. The minimum Gasteiger partial charge on any atom is -0.328 e. The Hall–Kier alpha value is -0.840. The summed E-state index contributed by atoms with van der Waals surface area (Å²) in [6.45, 7) is 2.03. The normalized spacial score (nSPS) is 12.6. The highest BCUT2D eigenvalue weighted by molar-refractivity contribution is 8.01. The molecule has 16 heavy (non-hydrogen) atoms. The molecule has 2 nitrogen and oxygen atoms in total. The van der Waals surface area contributed by atoms with Crippen molar-refractivity contribution in [3.63, 3.8) is 0 Å². The smallest absolute Gasteiger partial charge is 0.154 e. The molecule has 1 heterocycles. The molecule has 2 N–H and O–H groups in total. The first-order chi connectivity index (χ1) is 7.75. The van der Waals surface area contributed by atoms with Gasteiger partial charge in [0, 0.05) is 22.5 Å². The van der Waals surface area contributed by atoms with Gasteiger partial charge in [0.25, 0.3) is 0 Å². The predicted octanol–water partition coefficient (Wildman–Crippen LogP) is 3.18. The summed E-state index contributed by atoms with van der Waals surface area (Å²) in [6.07, 6.45) is 2.75. The minimum atomic E-state index is 0.193. The summed E-state index contributed by atoms with van der Waals surface area (Å²) in [7, 11) is 0. The van der Waals surface area contributed by atoms with Crippen LogP contribution in [0.3, 0.4) is 0 Å². The Morgan fingerprint density at radius 1 is 1.44 bits per heavy atom. The third kappa shape index (κ3) is 3.07. The van der Waals surface area contributed by atoms with Crippen LogP contribution in [0.25, 0.3) is 0 Å². The maximum Gasteiger partial charge on any atom is 0.154 e. The first kappa shape index (κ1) is 11.6. The molecule has 0 saturated carbocycles. The summed E-state index contributed by atoms with van der Waals surface area (Å²) < 4.78 is 1.08. The number of hydrogen-bond acceptors (Lipinski definition) is 4. The Balaban J connectivity index is 2.19. The highest BCUT2D eigenvalue weighted by Gasteiger charge is 2.07. The highest BCUT2D eigenvalue weighted by Crippen LogP contribution is 2.31. The van der Waals surface area contributed by atoms with Crippen LogP contribution < -0.4 is 5.73 Å². The summed E-state index contributed by atoms with van der Waals surface area (Å²) in [5.74, 6) is 0. The number of benzene rings is 1. The monoisotopic (exact) mass is 250 g/mol.